The summed E-state index contributed by atoms with van der Waals surface area (Å²) in [5, 5.41) is 7.34. The predicted molar refractivity (Wildman–Crippen MR) is 79.4 cm³/mol. The van der Waals surface area contributed by atoms with Crippen molar-refractivity contribution in [2.75, 3.05) is 25.0 Å². The smallest absolute Gasteiger partial charge is 0.370 e. The number of hydrogen-bond acceptors (Lipinski definition) is 5. The number of hydrogen-bond donors (Lipinski definition) is 1. The summed E-state index contributed by atoms with van der Waals surface area (Å²) in [6, 6.07) is 1.84. The van der Waals surface area contributed by atoms with Crippen molar-refractivity contribution < 1.29 is 18.0 Å². The molecule has 0 aliphatic carbocycles. The second kappa shape index (κ2) is 6.25. The maximum atomic E-state index is 12.4. The van der Waals surface area contributed by atoms with E-state index in [9.17, 15) is 18.0 Å². The molecule has 0 spiro atoms. The van der Waals surface area contributed by atoms with Gasteiger partial charge in [-0.1, -0.05) is 0 Å². The van der Waals surface area contributed by atoms with Crippen LogP contribution in [0.4, 0.5) is 19.0 Å². The fraction of sp³-hybridized carbons (Fsp3) is 0.571. The summed E-state index contributed by atoms with van der Waals surface area (Å²) in [5.41, 5.74) is 0.795. The van der Waals surface area contributed by atoms with E-state index in [0.29, 0.717) is 25.2 Å². The number of amides is 1. The predicted octanol–water partition coefficient (Wildman–Crippen LogP) is 1.65. The Morgan fingerprint density at radius 2 is 2.08 bits per heavy atom. The lowest BCUT2D eigenvalue weighted by molar-refractivity contribution is -0.186. The minimum atomic E-state index is -4.79. The Morgan fingerprint density at radius 3 is 2.75 bits per heavy atom. The lowest BCUT2D eigenvalue weighted by Gasteiger charge is -2.32. The number of likely N-dealkylation sites (tertiary alicyclic amines) is 1. The number of rotatable bonds is 3. The molecule has 1 N–H and O–H groups in total. The van der Waals surface area contributed by atoms with Gasteiger partial charge in [0.2, 0.25) is 0 Å². The standard InChI is InChI=1S/C14H17F3N6O/c1-9-6-11(23-13(21-9)19-8-20-23)18-7-10-2-4-22(5-3-10)12(24)14(15,16)17/h6,8,10,18H,2-5,7H2,1H3. The average Bonchev–Trinajstić information content (AvgIpc) is 2.99. The molecule has 1 fully saturated rings. The van der Waals surface area contributed by atoms with Gasteiger partial charge in [0.1, 0.15) is 12.1 Å². The van der Waals surface area contributed by atoms with Crippen LogP contribution in [0.3, 0.4) is 0 Å². The van der Waals surface area contributed by atoms with Crippen LogP contribution in [0.2, 0.25) is 0 Å². The second-order valence-electron chi connectivity index (χ2n) is 5.87. The van der Waals surface area contributed by atoms with Crippen LogP contribution in [0, 0.1) is 12.8 Å². The van der Waals surface area contributed by atoms with Crippen LogP contribution >= 0.6 is 0 Å². The number of fused-ring (bicyclic) bond motifs is 1. The summed E-state index contributed by atoms with van der Waals surface area (Å²) in [6.45, 7) is 2.69. The van der Waals surface area contributed by atoms with Crippen LogP contribution in [-0.4, -0.2) is 56.2 Å². The van der Waals surface area contributed by atoms with Crippen LogP contribution in [0.5, 0.6) is 0 Å². The maximum Gasteiger partial charge on any atom is 0.471 e. The quantitative estimate of drug-likeness (QED) is 0.918. The highest BCUT2D eigenvalue weighted by atomic mass is 19.4. The lowest BCUT2D eigenvalue weighted by Crippen LogP contribution is -2.46. The third-order valence-corrected chi connectivity index (χ3v) is 4.10. The van der Waals surface area contributed by atoms with Gasteiger partial charge in [-0.15, -0.1) is 0 Å². The lowest BCUT2D eigenvalue weighted by atomic mass is 9.96. The minimum absolute atomic E-state index is 0.124. The Hall–Kier alpha value is -2.39. The van der Waals surface area contributed by atoms with Gasteiger partial charge < -0.3 is 10.2 Å². The number of nitrogens with zero attached hydrogens (tertiary/aromatic N) is 5. The van der Waals surface area contributed by atoms with Crippen molar-refractivity contribution in [3.8, 4) is 0 Å². The highest BCUT2D eigenvalue weighted by Crippen LogP contribution is 2.24. The van der Waals surface area contributed by atoms with E-state index < -0.39 is 12.1 Å². The van der Waals surface area contributed by atoms with Crippen LogP contribution in [0.25, 0.3) is 5.78 Å². The maximum absolute atomic E-state index is 12.4. The van der Waals surface area contributed by atoms with Gasteiger partial charge in [0.05, 0.1) is 0 Å². The third-order valence-electron chi connectivity index (χ3n) is 4.10. The number of aryl methyl sites for hydroxylation is 1. The van der Waals surface area contributed by atoms with Crippen LogP contribution in [0.15, 0.2) is 12.4 Å². The van der Waals surface area contributed by atoms with Gasteiger partial charge in [-0.25, -0.2) is 4.98 Å². The molecular formula is C14H17F3N6O. The Morgan fingerprint density at radius 1 is 1.38 bits per heavy atom. The van der Waals surface area contributed by atoms with Crippen LogP contribution in [0.1, 0.15) is 18.5 Å². The molecule has 0 bridgehead atoms. The largest absolute Gasteiger partial charge is 0.471 e. The summed E-state index contributed by atoms with van der Waals surface area (Å²) in [6.07, 6.45) is -2.33. The minimum Gasteiger partial charge on any atom is -0.370 e. The number of carbonyl (C=O) groups is 1. The van der Waals surface area contributed by atoms with E-state index in [1.54, 1.807) is 4.52 Å². The Balaban J connectivity index is 1.57. The molecule has 0 radical (unpaired) electrons. The number of alkyl halides is 3. The highest BCUT2D eigenvalue weighted by Gasteiger charge is 2.43. The zero-order chi connectivity index (χ0) is 17.3. The summed E-state index contributed by atoms with van der Waals surface area (Å²) in [5.74, 6) is -0.329. The fourth-order valence-electron chi connectivity index (χ4n) is 2.82. The monoisotopic (exact) mass is 342 g/mol. The SMILES string of the molecule is Cc1cc(NCC2CCN(C(=O)C(F)(F)F)CC2)n2ncnc2n1. The zero-order valence-electron chi connectivity index (χ0n) is 13.0. The van der Waals surface area contributed by atoms with Gasteiger partial charge in [-0.2, -0.15) is 27.8 Å². The highest BCUT2D eigenvalue weighted by molar-refractivity contribution is 5.81. The van der Waals surface area contributed by atoms with Crippen molar-refractivity contribution >= 4 is 17.5 Å². The Labute approximate surface area is 135 Å². The summed E-state index contributed by atoms with van der Waals surface area (Å²) in [7, 11) is 0. The molecule has 24 heavy (non-hydrogen) atoms. The first kappa shape index (κ1) is 16.5. The van der Waals surface area contributed by atoms with E-state index in [0.717, 1.165) is 16.4 Å². The fourth-order valence-corrected chi connectivity index (χ4v) is 2.82. The molecule has 0 aromatic carbocycles. The molecule has 3 rings (SSSR count). The number of piperidine rings is 1. The molecular weight excluding hydrogens is 325 g/mol. The van der Waals surface area contributed by atoms with Gasteiger partial charge in [0, 0.05) is 31.4 Å². The van der Waals surface area contributed by atoms with Crippen molar-refractivity contribution in [2.45, 2.75) is 25.9 Å². The van der Waals surface area contributed by atoms with E-state index >= 15 is 0 Å². The molecule has 1 aliphatic rings. The Bertz CT molecular complexity index is 736. The van der Waals surface area contributed by atoms with E-state index in [-0.39, 0.29) is 19.0 Å². The van der Waals surface area contributed by atoms with Crippen molar-refractivity contribution in [3.63, 3.8) is 0 Å². The molecule has 1 saturated heterocycles. The summed E-state index contributed by atoms with van der Waals surface area (Å²) in [4.78, 5) is 20.4. The molecule has 10 heteroatoms. The number of carbonyl (C=O) groups excluding carboxylic acids is 1. The molecule has 1 aliphatic heterocycles. The van der Waals surface area contributed by atoms with Gasteiger partial charge in [-0.05, 0) is 25.7 Å². The zero-order valence-corrected chi connectivity index (χ0v) is 13.0. The van der Waals surface area contributed by atoms with Gasteiger partial charge in [-0.3, -0.25) is 4.79 Å². The van der Waals surface area contributed by atoms with Crippen LogP contribution in [-0.2, 0) is 4.79 Å². The number of halogens is 3. The van der Waals surface area contributed by atoms with Crippen molar-refractivity contribution in [1.82, 2.24) is 24.5 Å². The number of nitrogens with one attached hydrogen (secondary N) is 1. The van der Waals surface area contributed by atoms with Crippen molar-refractivity contribution in [2.24, 2.45) is 5.92 Å². The number of aromatic nitrogens is 4. The second-order valence-corrected chi connectivity index (χ2v) is 5.87. The molecule has 130 valence electrons. The number of anilines is 1. The molecule has 3 heterocycles. The first-order chi connectivity index (χ1) is 11.3. The normalized spacial score (nSPS) is 16.6. The molecule has 0 atom stereocenters. The van der Waals surface area contributed by atoms with Gasteiger partial charge in [0.25, 0.3) is 5.78 Å². The molecule has 2 aromatic heterocycles. The van der Waals surface area contributed by atoms with Gasteiger partial charge in [0.15, 0.2) is 0 Å². The molecule has 7 nitrogen and oxygen atoms in total. The Kier molecular flexibility index (Phi) is 4.29. The molecule has 0 unspecified atom stereocenters. The molecule has 0 saturated carbocycles. The first-order valence-corrected chi connectivity index (χ1v) is 7.62. The molecule has 2 aromatic rings. The van der Waals surface area contributed by atoms with Crippen molar-refractivity contribution in [3.05, 3.63) is 18.1 Å². The van der Waals surface area contributed by atoms with E-state index in [2.05, 4.69) is 20.4 Å². The van der Waals surface area contributed by atoms with E-state index in [1.165, 1.54) is 6.33 Å². The summed E-state index contributed by atoms with van der Waals surface area (Å²) >= 11 is 0. The third kappa shape index (κ3) is 3.41. The molecule has 1 amide bonds. The van der Waals surface area contributed by atoms with E-state index in [1.807, 2.05) is 13.0 Å². The van der Waals surface area contributed by atoms with Crippen LogP contribution < -0.4 is 5.32 Å². The van der Waals surface area contributed by atoms with Gasteiger partial charge >= 0.3 is 12.1 Å². The average molecular weight is 342 g/mol. The topological polar surface area (TPSA) is 75.4 Å². The van der Waals surface area contributed by atoms with Crippen molar-refractivity contribution in [1.29, 1.82) is 0 Å². The first-order valence-electron chi connectivity index (χ1n) is 7.62. The van der Waals surface area contributed by atoms with E-state index in [4.69, 9.17) is 0 Å². The summed E-state index contributed by atoms with van der Waals surface area (Å²) < 4.78 is 38.9.